The van der Waals surface area contributed by atoms with Gasteiger partial charge in [-0.25, -0.2) is 9.78 Å². The summed E-state index contributed by atoms with van der Waals surface area (Å²) in [6.07, 6.45) is 4.03. The Balaban J connectivity index is 0.00000253. The molecule has 8 nitrogen and oxygen atoms in total. The number of unbranched alkanes of at least 4 members (excludes halogenated alkanes) is 1. The smallest absolute Gasteiger partial charge is 1.00 e. The molecule has 5 aromatic rings. The van der Waals surface area contributed by atoms with Crippen molar-refractivity contribution in [2.45, 2.75) is 52.5 Å². The topological polar surface area (TPSA) is 103 Å². The van der Waals surface area contributed by atoms with Gasteiger partial charge in [-0.3, -0.25) is 18.9 Å². The van der Waals surface area contributed by atoms with Gasteiger partial charge in [0.2, 0.25) is 0 Å². The second-order valence-electron chi connectivity index (χ2n) is 10.1. The van der Waals surface area contributed by atoms with Gasteiger partial charge in [-0.15, -0.1) is 0 Å². The normalized spacial score (nSPS) is 10.8. The van der Waals surface area contributed by atoms with Gasteiger partial charge in [-0.1, -0.05) is 79.2 Å². The van der Waals surface area contributed by atoms with E-state index in [0.717, 1.165) is 76.3 Å². The zero-order valence-corrected chi connectivity index (χ0v) is 27.8. The van der Waals surface area contributed by atoms with Crippen LogP contribution in [0.4, 0.5) is 0 Å². The fourth-order valence-electron chi connectivity index (χ4n) is 5.08. The summed E-state index contributed by atoms with van der Waals surface area (Å²) < 4.78 is 11.8. The molecular weight excluding hydrogens is 555 g/mol. The standard InChI is InChI=1S/C33H34N4O4.K.H/c1-4-5-10-30-29(32(38)37(22(2)34-30)20-19-23-13-17-26(40-3)18-14-23)21-24-11-15-25(16-12-24)27-8-6-7-9-28(27)31-35-33(39)41-36-31;;/h6-9,11-18H,4-5,10,19-21H2,1-3H3,(H,35,36,39);;/q;+1;-1. The number of aryl methyl sites for hydroxylation is 3. The molecule has 0 bridgehead atoms. The van der Waals surface area contributed by atoms with E-state index in [2.05, 4.69) is 17.1 Å². The average Bonchev–Trinajstić information content (AvgIpc) is 3.44. The van der Waals surface area contributed by atoms with Crippen molar-refractivity contribution < 1.29 is 62.1 Å². The molecule has 0 amide bonds. The number of benzene rings is 3. The molecule has 2 heterocycles. The molecule has 5 rings (SSSR count). The molecule has 42 heavy (non-hydrogen) atoms. The van der Waals surface area contributed by atoms with Crippen molar-refractivity contribution in [2.75, 3.05) is 7.11 Å². The van der Waals surface area contributed by atoms with Gasteiger partial charge in [0.05, 0.1) is 12.8 Å². The van der Waals surface area contributed by atoms with E-state index in [1.54, 1.807) is 11.7 Å². The van der Waals surface area contributed by atoms with Crippen molar-refractivity contribution >= 4 is 0 Å². The molecular formula is C33H35KN4O4. The fourth-order valence-corrected chi connectivity index (χ4v) is 5.08. The van der Waals surface area contributed by atoms with Gasteiger partial charge in [-0.2, -0.15) is 0 Å². The summed E-state index contributed by atoms with van der Waals surface area (Å²) in [5, 5.41) is 3.85. The zero-order valence-electron chi connectivity index (χ0n) is 25.6. The molecule has 9 heteroatoms. The summed E-state index contributed by atoms with van der Waals surface area (Å²) in [6, 6.07) is 23.8. The molecule has 0 saturated carbocycles. The van der Waals surface area contributed by atoms with Crippen LogP contribution < -0.4 is 67.4 Å². The van der Waals surface area contributed by atoms with Gasteiger partial charge in [-0.05, 0) is 60.6 Å². The first-order valence-electron chi connectivity index (χ1n) is 13.9. The van der Waals surface area contributed by atoms with Crippen LogP contribution in [0.15, 0.2) is 86.9 Å². The number of hydrogen-bond donors (Lipinski definition) is 1. The van der Waals surface area contributed by atoms with Crippen LogP contribution in [0.3, 0.4) is 0 Å². The van der Waals surface area contributed by atoms with Crippen molar-refractivity contribution in [3.8, 4) is 28.3 Å². The van der Waals surface area contributed by atoms with E-state index >= 15 is 0 Å². The molecule has 0 fully saturated rings. The van der Waals surface area contributed by atoms with E-state index in [0.29, 0.717) is 18.8 Å². The fraction of sp³-hybridized carbons (Fsp3) is 0.273. The van der Waals surface area contributed by atoms with Gasteiger partial charge in [0.25, 0.3) is 5.56 Å². The number of aromatic amines is 1. The van der Waals surface area contributed by atoms with E-state index in [1.807, 2.05) is 79.7 Å². The molecule has 0 aliphatic carbocycles. The van der Waals surface area contributed by atoms with Crippen molar-refractivity contribution in [3.63, 3.8) is 0 Å². The van der Waals surface area contributed by atoms with Crippen LogP contribution in [0.1, 0.15) is 49.4 Å². The maximum absolute atomic E-state index is 13.8. The van der Waals surface area contributed by atoms with E-state index in [-0.39, 0.29) is 58.4 Å². The molecule has 0 spiro atoms. The van der Waals surface area contributed by atoms with Crippen LogP contribution in [-0.4, -0.2) is 26.8 Å². The Hall–Kier alpha value is -3.08. The second kappa shape index (κ2) is 14.9. The monoisotopic (exact) mass is 590 g/mol. The van der Waals surface area contributed by atoms with Crippen LogP contribution in [0, 0.1) is 6.92 Å². The van der Waals surface area contributed by atoms with Crippen molar-refractivity contribution in [1.29, 1.82) is 0 Å². The largest absolute Gasteiger partial charge is 1.00 e. The molecule has 212 valence electrons. The predicted molar refractivity (Wildman–Crippen MR) is 160 cm³/mol. The minimum absolute atomic E-state index is 0. The van der Waals surface area contributed by atoms with E-state index in [9.17, 15) is 9.59 Å². The molecule has 0 unspecified atom stereocenters. The Morgan fingerprint density at radius 2 is 1.62 bits per heavy atom. The Kier molecular flexibility index (Phi) is 11.3. The zero-order chi connectivity index (χ0) is 28.8. The van der Waals surface area contributed by atoms with Crippen LogP contribution in [0.2, 0.25) is 0 Å². The molecule has 0 radical (unpaired) electrons. The van der Waals surface area contributed by atoms with E-state index in [1.165, 1.54) is 0 Å². The van der Waals surface area contributed by atoms with Crippen molar-refractivity contribution in [1.82, 2.24) is 19.7 Å². The molecule has 0 aliphatic heterocycles. The maximum atomic E-state index is 13.8. The quantitative estimate of drug-likeness (QED) is 0.238. The third-order valence-corrected chi connectivity index (χ3v) is 7.36. The van der Waals surface area contributed by atoms with Gasteiger partial charge in [0, 0.05) is 24.1 Å². The summed E-state index contributed by atoms with van der Waals surface area (Å²) in [4.78, 5) is 32.9. The van der Waals surface area contributed by atoms with Gasteiger partial charge < -0.3 is 6.16 Å². The van der Waals surface area contributed by atoms with Crippen LogP contribution in [0.5, 0.6) is 5.75 Å². The molecule has 0 aliphatic rings. The van der Waals surface area contributed by atoms with E-state index in [4.69, 9.17) is 14.2 Å². The third-order valence-electron chi connectivity index (χ3n) is 7.36. The first-order chi connectivity index (χ1) is 20.0. The summed E-state index contributed by atoms with van der Waals surface area (Å²) in [5.74, 6) is 1.35. The van der Waals surface area contributed by atoms with Crippen LogP contribution in [-0.2, 0) is 25.8 Å². The summed E-state index contributed by atoms with van der Waals surface area (Å²) in [7, 11) is 1.65. The molecule has 0 saturated heterocycles. The Morgan fingerprint density at radius 1 is 0.929 bits per heavy atom. The number of methoxy groups -OCH3 is 1. The minimum Gasteiger partial charge on any atom is -1.00 e. The van der Waals surface area contributed by atoms with Crippen LogP contribution in [0.25, 0.3) is 22.5 Å². The number of H-pyrrole nitrogens is 1. The number of ether oxygens (including phenoxy) is 1. The number of hydrogen-bond acceptors (Lipinski definition) is 6. The Morgan fingerprint density at radius 3 is 2.26 bits per heavy atom. The Labute approximate surface area is 289 Å². The molecule has 3 aromatic carbocycles. The summed E-state index contributed by atoms with van der Waals surface area (Å²) in [5.41, 5.74) is 6.51. The first-order valence-corrected chi connectivity index (χ1v) is 13.9. The molecule has 2 aromatic heterocycles. The summed E-state index contributed by atoms with van der Waals surface area (Å²) >= 11 is 0. The summed E-state index contributed by atoms with van der Waals surface area (Å²) in [6.45, 7) is 4.63. The molecule has 1 N–H and O–H groups in total. The van der Waals surface area contributed by atoms with E-state index < -0.39 is 5.76 Å². The number of rotatable bonds is 11. The van der Waals surface area contributed by atoms with Crippen molar-refractivity contribution in [2.24, 2.45) is 0 Å². The van der Waals surface area contributed by atoms with Crippen molar-refractivity contribution in [3.05, 3.63) is 122 Å². The SMILES string of the molecule is CCCCc1nc(C)n(CCc2ccc(OC)cc2)c(=O)c1Cc1ccc(-c2ccccc2-c2noc(=O)[nH]2)cc1.[H-].[K+]. The number of nitrogens with one attached hydrogen (secondary N) is 1. The molecule has 0 atom stereocenters. The van der Waals surface area contributed by atoms with Gasteiger partial charge >= 0.3 is 57.1 Å². The minimum atomic E-state index is -0.592. The maximum Gasteiger partial charge on any atom is 1.00 e. The predicted octanol–water partition coefficient (Wildman–Crippen LogP) is 2.86. The third kappa shape index (κ3) is 7.46. The van der Waals surface area contributed by atoms with Gasteiger partial charge in [0.15, 0.2) is 5.82 Å². The van der Waals surface area contributed by atoms with Crippen LogP contribution >= 0.6 is 0 Å². The van der Waals surface area contributed by atoms with Gasteiger partial charge in [0.1, 0.15) is 11.6 Å². The Bertz CT molecular complexity index is 1750. The number of aromatic nitrogens is 4. The second-order valence-corrected chi connectivity index (χ2v) is 10.1. The average molecular weight is 591 g/mol. The number of nitrogens with zero attached hydrogens (tertiary/aromatic N) is 3. The first kappa shape index (κ1) is 31.8.